The van der Waals surface area contributed by atoms with E-state index in [0.29, 0.717) is 47.5 Å². The Bertz CT molecular complexity index is 1600. The van der Waals surface area contributed by atoms with E-state index in [1.807, 2.05) is 30.5 Å². The van der Waals surface area contributed by atoms with E-state index in [1.54, 1.807) is 34.9 Å². The molecule has 9 nitrogen and oxygen atoms in total. The molecule has 1 aliphatic heterocycles. The van der Waals surface area contributed by atoms with Gasteiger partial charge >= 0.3 is 0 Å². The van der Waals surface area contributed by atoms with Gasteiger partial charge in [-0.2, -0.15) is 5.10 Å². The van der Waals surface area contributed by atoms with Crippen LogP contribution < -0.4 is 20.7 Å². The first-order valence-corrected chi connectivity index (χ1v) is 13.9. The van der Waals surface area contributed by atoms with Gasteiger partial charge in [-0.3, -0.25) is 9.78 Å². The summed E-state index contributed by atoms with van der Waals surface area (Å²) in [5, 5.41) is 14.1. The number of carbonyl (C=O) groups excluding carboxylic acids is 1. The fourth-order valence-corrected chi connectivity index (χ4v) is 4.79. The maximum atomic E-state index is 13.9. The molecule has 4 aromatic rings. The van der Waals surface area contributed by atoms with Gasteiger partial charge in [0, 0.05) is 40.6 Å². The van der Waals surface area contributed by atoms with Crippen LogP contribution in [0.1, 0.15) is 38.4 Å². The van der Waals surface area contributed by atoms with Crippen molar-refractivity contribution in [3.05, 3.63) is 84.5 Å². The van der Waals surface area contributed by atoms with Crippen LogP contribution in [0.15, 0.2) is 72.3 Å². The van der Waals surface area contributed by atoms with Crippen LogP contribution in [-0.4, -0.2) is 31.9 Å². The average molecular weight is 560 g/mol. The second-order valence-electron chi connectivity index (χ2n) is 10.3. The van der Waals surface area contributed by atoms with Crippen LogP contribution in [0.5, 0.6) is 11.5 Å². The Labute approximate surface area is 236 Å². The van der Waals surface area contributed by atoms with Gasteiger partial charge in [0.1, 0.15) is 34.8 Å². The summed E-state index contributed by atoms with van der Waals surface area (Å²) in [5.41, 5.74) is 2.81. The lowest BCUT2D eigenvalue weighted by Crippen LogP contribution is -2.20. The number of nitrogens with one attached hydrogen (secondary N) is 3. The quantitative estimate of drug-likeness (QED) is 0.210. The molecule has 0 fully saturated rings. The monoisotopic (exact) mass is 559 g/mol. The molecule has 1 aromatic carbocycles. The second kappa shape index (κ2) is 11.0. The predicted octanol–water partition coefficient (Wildman–Crippen LogP) is 6.49. The molecule has 0 bridgehead atoms. The maximum absolute atomic E-state index is 13.9. The topological polar surface area (TPSA) is 106 Å². The number of pyridine rings is 2. The number of benzene rings is 1. The van der Waals surface area contributed by atoms with Crippen LogP contribution in [0.2, 0.25) is 0 Å². The minimum absolute atomic E-state index is 0.0450. The van der Waals surface area contributed by atoms with E-state index in [1.165, 1.54) is 6.07 Å². The van der Waals surface area contributed by atoms with E-state index in [9.17, 15) is 9.18 Å². The van der Waals surface area contributed by atoms with Crippen LogP contribution in [0.3, 0.4) is 0 Å². The zero-order valence-electron chi connectivity index (χ0n) is 22.7. The molecule has 0 atom stereocenters. The molecule has 1 aliphatic rings. The van der Waals surface area contributed by atoms with Gasteiger partial charge in [0.25, 0.3) is 0 Å². The van der Waals surface area contributed by atoms with E-state index in [0.717, 1.165) is 28.0 Å². The summed E-state index contributed by atoms with van der Waals surface area (Å²) in [4.78, 5) is 20.9. The number of amides is 1. The second-order valence-corrected chi connectivity index (χ2v) is 11.2. The third kappa shape index (κ3) is 5.94. The number of anilines is 3. The largest absolute Gasteiger partial charge is 0.457 e. The lowest BCUT2D eigenvalue weighted by atomic mass is 9.92. The molecule has 5 rings (SSSR count). The lowest BCUT2D eigenvalue weighted by Gasteiger charge is -2.19. The van der Waals surface area contributed by atoms with Crippen LogP contribution in [0.4, 0.5) is 21.7 Å². The number of ether oxygens (including phenoxy) is 1. The first-order chi connectivity index (χ1) is 19.1. The molecule has 0 aliphatic carbocycles. The zero-order valence-corrected chi connectivity index (χ0v) is 23.5. The number of fused-ring (bicyclic) bond motifs is 1. The molecular weight excluding hydrogens is 529 g/mol. The highest BCUT2D eigenvalue weighted by Crippen LogP contribution is 2.36. The molecule has 0 saturated carbocycles. The van der Waals surface area contributed by atoms with Crippen LogP contribution >= 0.6 is 11.8 Å². The maximum Gasteiger partial charge on any atom is 0.225 e. The number of carbonyl (C=O) groups is 1. The molecule has 40 heavy (non-hydrogen) atoms. The summed E-state index contributed by atoms with van der Waals surface area (Å²) in [6, 6.07) is 10.8. The molecule has 0 radical (unpaired) electrons. The minimum atomic E-state index is -0.447. The molecule has 0 saturated heterocycles. The predicted molar refractivity (Wildman–Crippen MR) is 156 cm³/mol. The number of rotatable bonds is 8. The summed E-state index contributed by atoms with van der Waals surface area (Å²) in [6.45, 7) is 10.3. The van der Waals surface area contributed by atoms with Crippen LogP contribution in [-0.2, 0) is 16.6 Å². The van der Waals surface area contributed by atoms with Crippen molar-refractivity contribution in [1.29, 1.82) is 0 Å². The summed E-state index contributed by atoms with van der Waals surface area (Å²) < 4.78 is 21.8. The van der Waals surface area contributed by atoms with Gasteiger partial charge in [-0.05, 0) is 36.9 Å². The van der Waals surface area contributed by atoms with Crippen LogP contribution in [0, 0.1) is 5.82 Å². The molecule has 206 valence electrons. The van der Waals surface area contributed by atoms with E-state index in [2.05, 4.69) is 53.3 Å². The Kier molecular flexibility index (Phi) is 7.49. The minimum Gasteiger partial charge on any atom is -0.457 e. The number of halogens is 1. The van der Waals surface area contributed by atoms with Crippen molar-refractivity contribution in [3.63, 3.8) is 0 Å². The van der Waals surface area contributed by atoms with Gasteiger partial charge in [-0.25, -0.2) is 14.1 Å². The fraction of sp³-hybridized carbons (Fsp3) is 0.241. The summed E-state index contributed by atoms with van der Waals surface area (Å²) in [5.74, 6) is 2.50. The molecule has 3 aromatic heterocycles. The summed E-state index contributed by atoms with van der Waals surface area (Å²) in [6.07, 6.45) is 7.29. The Balaban J connectivity index is 1.35. The first kappa shape index (κ1) is 27.2. The first-order valence-electron chi connectivity index (χ1n) is 12.7. The number of aromatic nitrogens is 4. The normalized spacial score (nSPS) is 12.9. The molecule has 4 heterocycles. The Morgan fingerprint density at radius 1 is 1.15 bits per heavy atom. The summed E-state index contributed by atoms with van der Waals surface area (Å²) >= 11 is 1.56. The standard InChI is InChI=1S/C29H30FN7O2S/c1-17(34-26-14-25(29(2,3)4)36-37(26)19-12-18(30)15-31-16-19)33-22-8-6-20(13-24(22)40-5)39-23-10-11-32-28-21(23)7-9-27(38)35-28/h6,8,10-16,33-34H,1,7,9H2,2-5H3,(H,32,35,38). The van der Waals surface area contributed by atoms with Crippen LogP contribution in [0.25, 0.3) is 5.69 Å². The van der Waals surface area contributed by atoms with Crippen molar-refractivity contribution < 1.29 is 13.9 Å². The molecule has 0 spiro atoms. The molecular formula is C29H30FN7O2S. The molecule has 1 amide bonds. The molecule has 3 N–H and O–H groups in total. The third-order valence-corrected chi connectivity index (χ3v) is 7.03. The van der Waals surface area contributed by atoms with Gasteiger partial charge < -0.3 is 20.7 Å². The highest BCUT2D eigenvalue weighted by Gasteiger charge is 2.22. The van der Waals surface area contributed by atoms with Crippen molar-refractivity contribution in [2.24, 2.45) is 0 Å². The van der Waals surface area contributed by atoms with E-state index < -0.39 is 5.82 Å². The van der Waals surface area contributed by atoms with Crippen molar-refractivity contribution in [2.75, 3.05) is 22.2 Å². The van der Waals surface area contributed by atoms with Gasteiger partial charge in [-0.1, -0.05) is 27.4 Å². The summed E-state index contributed by atoms with van der Waals surface area (Å²) in [7, 11) is 0. The highest BCUT2D eigenvalue weighted by atomic mass is 32.2. The Morgan fingerprint density at radius 2 is 1.98 bits per heavy atom. The molecule has 0 unspecified atom stereocenters. The van der Waals surface area contributed by atoms with Gasteiger partial charge in [0.15, 0.2) is 0 Å². The van der Waals surface area contributed by atoms with Crippen molar-refractivity contribution in [2.45, 2.75) is 43.9 Å². The zero-order chi connectivity index (χ0) is 28.4. The Hall–Kier alpha value is -4.38. The van der Waals surface area contributed by atoms with Gasteiger partial charge in [-0.15, -0.1) is 11.8 Å². The smallest absolute Gasteiger partial charge is 0.225 e. The van der Waals surface area contributed by atoms with Gasteiger partial charge in [0.05, 0.1) is 29.5 Å². The van der Waals surface area contributed by atoms with Crippen molar-refractivity contribution in [1.82, 2.24) is 19.7 Å². The number of hydrogen-bond donors (Lipinski definition) is 3. The van der Waals surface area contributed by atoms with E-state index in [4.69, 9.17) is 9.84 Å². The highest BCUT2D eigenvalue weighted by molar-refractivity contribution is 7.98. The SMILES string of the molecule is C=C(Nc1ccc(Oc2ccnc3c2CCC(=O)N3)cc1SC)Nc1cc(C(C)(C)C)nn1-c1cncc(F)c1. The third-order valence-electron chi connectivity index (χ3n) is 6.25. The Morgan fingerprint density at radius 3 is 2.73 bits per heavy atom. The molecule has 11 heteroatoms. The average Bonchev–Trinajstić information content (AvgIpc) is 3.34. The number of nitrogens with zero attached hydrogens (tertiary/aromatic N) is 4. The number of hydrogen-bond acceptors (Lipinski definition) is 8. The van der Waals surface area contributed by atoms with E-state index >= 15 is 0 Å². The van der Waals surface area contributed by atoms with E-state index in [-0.39, 0.29) is 11.3 Å². The van der Waals surface area contributed by atoms with Crippen molar-refractivity contribution in [3.8, 4) is 17.2 Å². The number of thioether (sulfide) groups is 1. The fourth-order valence-electron chi connectivity index (χ4n) is 4.22. The van der Waals surface area contributed by atoms with Gasteiger partial charge in [0.2, 0.25) is 5.91 Å². The lowest BCUT2D eigenvalue weighted by molar-refractivity contribution is -0.116. The van der Waals surface area contributed by atoms with Crippen molar-refractivity contribution >= 4 is 35.0 Å².